The Bertz CT molecular complexity index is 450. The average molecular weight is 385 g/mol. The second-order valence-electron chi connectivity index (χ2n) is 2.55. The van der Waals surface area contributed by atoms with Gasteiger partial charge in [-0.1, -0.05) is 15.9 Å². The Morgan fingerprint density at radius 3 is 2.92 bits per heavy atom. The number of thioether (sulfide) groups is 1. The van der Waals surface area contributed by atoms with Crippen molar-refractivity contribution in [1.82, 2.24) is 0 Å². The zero-order valence-electron chi connectivity index (χ0n) is 6.80. The number of rotatable bonds is 1. The van der Waals surface area contributed by atoms with E-state index in [1.54, 1.807) is 0 Å². The fourth-order valence-corrected chi connectivity index (χ4v) is 4.83. The predicted molar refractivity (Wildman–Crippen MR) is 74.0 cm³/mol. The molecule has 0 aliphatic heterocycles. The van der Waals surface area contributed by atoms with Gasteiger partial charge >= 0.3 is 0 Å². The third-order valence-corrected chi connectivity index (χ3v) is 6.38. The number of hydrogen-bond donors (Lipinski definition) is 0. The van der Waals surface area contributed by atoms with Crippen LogP contribution in [-0.2, 0) is 0 Å². The Kier molecular flexibility index (Phi) is 3.22. The minimum atomic E-state index is 1.16. The molecule has 68 valence electrons. The van der Waals surface area contributed by atoms with Crippen LogP contribution >= 0.6 is 61.6 Å². The summed E-state index contributed by atoms with van der Waals surface area (Å²) in [5.41, 5.74) is 0. The van der Waals surface area contributed by atoms with E-state index < -0.39 is 0 Å². The van der Waals surface area contributed by atoms with Crippen molar-refractivity contribution in [2.24, 2.45) is 0 Å². The van der Waals surface area contributed by atoms with Gasteiger partial charge in [-0.05, 0) is 47.0 Å². The first-order valence-electron chi connectivity index (χ1n) is 3.64. The summed E-state index contributed by atoms with van der Waals surface area (Å²) in [6.45, 7) is 0. The lowest BCUT2D eigenvalue weighted by atomic mass is 10.3. The molecule has 0 saturated heterocycles. The number of hydrogen-bond acceptors (Lipinski definition) is 2. The molecule has 1 aromatic heterocycles. The maximum absolute atomic E-state index is 3.49. The molecule has 0 spiro atoms. The first-order valence-corrected chi connectivity index (χ1v) is 7.55. The molecule has 0 atom stereocenters. The van der Waals surface area contributed by atoms with Crippen LogP contribution in [0.15, 0.2) is 26.9 Å². The van der Waals surface area contributed by atoms with E-state index in [4.69, 9.17) is 0 Å². The third-order valence-electron chi connectivity index (χ3n) is 1.75. The van der Waals surface area contributed by atoms with Crippen molar-refractivity contribution in [3.8, 4) is 0 Å². The minimum Gasteiger partial charge on any atom is -0.128 e. The summed E-state index contributed by atoms with van der Waals surface area (Å²) < 4.78 is 5.32. The molecule has 0 fully saturated rings. The Balaban J connectivity index is 2.77. The molecular weight excluding hydrogens is 379 g/mol. The van der Waals surface area contributed by atoms with Gasteiger partial charge in [0.1, 0.15) is 0 Å². The van der Waals surface area contributed by atoms with E-state index in [1.165, 1.54) is 17.9 Å². The Morgan fingerprint density at radius 2 is 2.23 bits per heavy atom. The van der Waals surface area contributed by atoms with Crippen molar-refractivity contribution < 1.29 is 0 Å². The van der Waals surface area contributed by atoms with Crippen molar-refractivity contribution in [1.29, 1.82) is 0 Å². The first kappa shape index (κ1) is 10.3. The van der Waals surface area contributed by atoms with E-state index in [1.807, 2.05) is 23.1 Å². The van der Waals surface area contributed by atoms with Crippen LogP contribution in [0.4, 0.5) is 0 Å². The summed E-state index contributed by atoms with van der Waals surface area (Å²) in [6.07, 6.45) is 2.13. The molecule has 1 heterocycles. The summed E-state index contributed by atoms with van der Waals surface area (Å²) in [7, 11) is 0. The summed E-state index contributed by atoms with van der Waals surface area (Å²) in [5, 5.41) is 1.37. The molecule has 2 aromatic rings. The molecule has 0 radical (unpaired) electrons. The molecule has 13 heavy (non-hydrogen) atoms. The summed E-state index contributed by atoms with van der Waals surface area (Å²) >= 11 is 9.60. The Morgan fingerprint density at radius 1 is 1.46 bits per heavy atom. The maximum Gasteiger partial charge on any atom is 0.0742 e. The largest absolute Gasteiger partial charge is 0.128 e. The molecule has 0 aliphatic rings. The summed E-state index contributed by atoms with van der Waals surface area (Å²) in [4.78, 5) is 0. The van der Waals surface area contributed by atoms with Crippen molar-refractivity contribution in [3.05, 3.63) is 26.2 Å². The van der Waals surface area contributed by atoms with Gasteiger partial charge in [-0.15, -0.1) is 23.1 Å². The van der Waals surface area contributed by atoms with E-state index in [0.717, 1.165) is 4.47 Å². The smallest absolute Gasteiger partial charge is 0.0742 e. The lowest BCUT2D eigenvalue weighted by molar-refractivity contribution is 1.66. The molecule has 0 nitrogen and oxygen atoms in total. The lowest BCUT2D eigenvalue weighted by Gasteiger charge is -1.91. The van der Waals surface area contributed by atoms with Crippen molar-refractivity contribution >= 4 is 71.7 Å². The number of halogens is 2. The quantitative estimate of drug-likeness (QED) is 0.493. The van der Waals surface area contributed by atoms with Crippen LogP contribution in [-0.4, -0.2) is 6.26 Å². The molecule has 0 unspecified atom stereocenters. The molecular formula is C9H6BrIS2. The normalized spacial score (nSPS) is 11.0. The summed E-state index contributed by atoms with van der Waals surface area (Å²) in [5.74, 6) is 0. The fourth-order valence-electron chi connectivity index (χ4n) is 1.15. The van der Waals surface area contributed by atoms with E-state index >= 15 is 0 Å². The van der Waals surface area contributed by atoms with Crippen molar-refractivity contribution in [2.45, 2.75) is 4.21 Å². The highest BCUT2D eigenvalue weighted by atomic mass is 127. The Hall–Kier alpha value is 0.740. The maximum atomic E-state index is 3.49. The topological polar surface area (TPSA) is 0 Å². The van der Waals surface area contributed by atoms with Crippen molar-refractivity contribution in [3.63, 3.8) is 0 Å². The highest BCUT2D eigenvalue weighted by Crippen LogP contribution is 2.38. The first-order chi connectivity index (χ1) is 6.22. The highest BCUT2D eigenvalue weighted by Gasteiger charge is 2.08. The van der Waals surface area contributed by atoms with Gasteiger partial charge in [0.15, 0.2) is 0 Å². The van der Waals surface area contributed by atoms with Gasteiger partial charge in [-0.3, -0.25) is 0 Å². The summed E-state index contributed by atoms with van der Waals surface area (Å²) in [6, 6.07) is 6.46. The van der Waals surface area contributed by atoms with Gasteiger partial charge in [-0.25, -0.2) is 0 Å². The minimum absolute atomic E-state index is 1.16. The van der Waals surface area contributed by atoms with Crippen LogP contribution in [0.5, 0.6) is 0 Å². The number of fused-ring (bicyclic) bond motifs is 1. The predicted octanol–water partition coefficient (Wildman–Crippen LogP) is 4.99. The van der Waals surface area contributed by atoms with Crippen LogP contribution in [0.3, 0.4) is 0 Å². The number of benzene rings is 1. The van der Waals surface area contributed by atoms with Gasteiger partial charge in [0.05, 0.1) is 4.21 Å². The monoisotopic (exact) mass is 384 g/mol. The molecule has 0 bridgehead atoms. The van der Waals surface area contributed by atoms with E-state index in [2.05, 4.69) is 63.0 Å². The Labute approximate surface area is 107 Å². The zero-order valence-corrected chi connectivity index (χ0v) is 12.2. The lowest BCUT2D eigenvalue weighted by Crippen LogP contribution is -1.69. The second kappa shape index (κ2) is 4.08. The second-order valence-corrected chi connectivity index (χ2v) is 6.67. The van der Waals surface area contributed by atoms with Crippen LogP contribution in [0.25, 0.3) is 10.1 Å². The standard InChI is InChI=1S/C9H6BrIS2/c1-12-9-8(11)6-4-5(10)2-3-7(6)13-9/h2-4H,1H3. The van der Waals surface area contributed by atoms with Gasteiger partial charge < -0.3 is 0 Å². The molecule has 0 saturated carbocycles. The van der Waals surface area contributed by atoms with Crippen LogP contribution in [0, 0.1) is 3.57 Å². The molecule has 0 aliphatic carbocycles. The van der Waals surface area contributed by atoms with Crippen LogP contribution in [0.1, 0.15) is 0 Å². The third kappa shape index (κ3) is 1.91. The van der Waals surface area contributed by atoms with E-state index in [-0.39, 0.29) is 0 Å². The zero-order chi connectivity index (χ0) is 9.42. The molecule has 1 aromatic carbocycles. The van der Waals surface area contributed by atoms with E-state index in [0.29, 0.717) is 0 Å². The molecule has 4 heteroatoms. The SMILES string of the molecule is CSc1sc2ccc(Br)cc2c1I. The van der Waals surface area contributed by atoms with Gasteiger partial charge in [-0.2, -0.15) is 0 Å². The number of thiophene rings is 1. The molecule has 2 rings (SSSR count). The van der Waals surface area contributed by atoms with Gasteiger partial charge in [0, 0.05) is 18.1 Å². The van der Waals surface area contributed by atoms with Crippen LogP contribution in [0.2, 0.25) is 0 Å². The van der Waals surface area contributed by atoms with Gasteiger partial charge in [0.2, 0.25) is 0 Å². The van der Waals surface area contributed by atoms with Gasteiger partial charge in [0.25, 0.3) is 0 Å². The fraction of sp³-hybridized carbons (Fsp3) is 0.111. The van der Waals surface area contributed by atoms with E-state index in [9.17, 15) is 0 Å². The average Bonchev–Trinajstić information content (AvgIpc) is 2.44. The molecule has 0 N–H and O–H groups in total. The van der Waals surface area contributed by atoms with Crippen LogP contribution < -0.4 is 0 Å². The molecule has 0 amide bonds. The highest BCUT2D eigenvalue weighted by molar-refractivity contribution is 14.1. The van der Waals surface area contributed by atoms with Crippen molar-refractivity contribution in [2.75, 3.05) is 6.26 Å².